The Labute approximate surface area is 78.7 Å². The smallest absolute Gasteiger partial charge is 0.263 e. The minimum absolute atomic E-state index is 0.203. The van der Waals surface area contributed by atoms with Crippen molar-refractivity contribution in [2.24, 2.45) is 0 Å². The molecule has 0 unspecified atom stereocenters. The van der Waals surface area contributed by atoms with Crippen LogP contribution in [0.2, 0.25) is 0 Å². The molecule has 13 heavy (non-hydrogen) atoms. The lowest BCUT2D eigenvalue weighted by atomic mass is 10.1. The zero-order valence-electron chi connectivity index (χ0n) is 8.64. The average molecular weight is 190 g/mol. The number of hydrogen-bond donors (Lipinski definition) is 2. The minimum atomic E-state index is -0.618. The minimum Gasteiger partial charge on any atom is -0.382 e. The Balaban J connectivity index is 3.62. The highest BCUT2D eigenvalue weighted by Crippen LogP contribution is 1.99. The zero-order valence-corrected chi connectivity index (χ0v) is 8.64. The highest BCUT2D eigenvalue weighted by atomic mass is 16.7. The van der Waals surface area contributed by atoms with Crippen molar-refractivity contribution in [3.8, 4) is 0 Å². The molecule has 0 aliphatic heterocycles. The van der Waals surface area contributed by atoms with Gasteiger partial charge >= 0.3 is 0 Å². The lowest BCUT2D eigenvalue weighted by molar-refractivity contribution is -0.140. The van der Waals surface area contributed by atoms with Crippen LogP contribution in [0.25, 0.3) is 0 Å². The largest absolute Gasteiger partial charge is 0.382 e. The lowest BCUT2D eigenvalue weighted by Crippen LogP contribution is -2.51. The predicted molar refractivity (Wildman–Crippen MR) is 49.1 cm³/mol. The molecule has 0 saturated carbocycles. The topological polar surface area (TPSA) is 59.6 Å². The number of methoxy groups -OCH3 is 1. The summed E-state index contributed by atoms with van der Waals surface area (Å²) < 4.78 is 4.74. The van der Waals surface area contributed by atoms with Crippen molar-refractivity contribution in [2.75, 3.05) is 27.4 Å². The van der Waals surface area contributed by atoms with Gasteiger partial charge in [0.25, 0.3) is 5.91 Å². The van der Waals surface area contributed by atoms with Crippen LogP contribution in [-0.2, 0) is 14.4 Å². The van der Waals surface area contributed by atoms with E-state index in [1.165, 1.54) is 0 Å². The Morgan fingerprint density at radius 2 is 2.00 bits per heavy atom. The number of rotatable bonds is 6. The van der Waals surface area contributed by atoms with Crippen LogP contribution in [0.15, 0.2) is 0 Å². The first-order valence-corrected chi connectivity index (χ1v) is 4.14. The maximum Gasteiger partial charge on any atom is 0.263 e. The van der Waals surface area contributed by atoms with Crippen LogP contribution in [0.3, 0.4) is 0 Å². The molecule has 0 spiro atoms. The summed E-state index contributed by atoms with van der Waals surface area (Å²) in [6.07, 6.45) is 0. The molecule has 0 bridgehead atoms. The van der Waals surface area contributed by atoms with E-state index in [0.29, 0.717) is 13.2 Å². The van der Waals surface area contributed by atoms with Gasteiger partial charge < -0.3 is 10.1 Å². The summed E-state index contributed by atoms with van der Waals surface area (Å²) in [5.74, 6) is -0.203. The SMILES string of the molecule is CNC(C)(C)C(=O)NOCCOC. The summed E-state index contributed by atoms with van der Waals surface area (Å²) in [6, 6.07) is 0. The molecule has 0 fully saturated rings. The number of likely N-dealkylation sites (N-methyl/N-ethyl adjacent to an activating group) is 1. The van der Waals surface area contributed by atoms with E-state index in [9.17, 15) is 4.79 Å². The monoisotopic (exact) mass is 190 g/mol. The van der Waals surface area contributed by atoms with E-state index in [-0.39, 0.29) is 5.91 Å². The fourth-order valence-electron chi connectivity index (χ4n) is 0.483. The van der Waals surface area contributed by atoms with Crippen molar-refractivity contribution >= 4 is 5.91 Å². The van der Waals surface area contributed by atoms with E-state index in [4.69, 9.17) is 9.57 Å². The number of carbonyl (C=O) groups is 1. The second-order valence-electron chi connectivity index (χ2n) is 3.15. The van der Waals surface area contributed by atoms with Gasteiger partial charge in [-0.05, 0) is 20.9 Å². The molecule has 0 aromatic carbocycles. The van der Waals surface area contributed by atoms with Gasteiger partial charge in [0.15, 0.2) is 0 Å². The Kier molecular flexibility index (Phi) is 5.61. The van der Waals surface area contributed by atoms with E-state index >= 15 is 0 Å². The van der Waals surface area contributed by atoms with Crippen LogP contribution < -0.4 is 10.8 Å². The molecule has 0 aromatic heterocycles. The Morgan fingerprint density at radius 3 is 2.46 bits per heavy atom. The highest BCUT2D eigenvalue weighted by molar-refractivity contribution is 5.84. The lowest BCUT2D eigenvalue weighted by Gasteiger charge is -2.22. The molecule has 0 saturated heterocycles. The highest BCUT2D eigenvalue weighted by Gasteiger charge is 2.24. The number of carbonyl (C=O) groups excluding carboxylic acids is 1. The Hall–Kier alpha value is -0.650. The average Bonchev–Trinajstić information content (AvgIpc) is 2.12. The van der Waals surface area contributed by atoms with Crippen molar-refractivity contribution in [2.45, 2.75) is 19.4 Å². The molecule has 0 atom stereocenters. The van der Waals surface area contributed by atoms with E-state index in [0.717, 1.165) is 0 Å². The second kappa shape index (κ2) is 5.90. The normalized spacial score (nSPS) is 11.4. The molecule has 0 aliphatic rings. The van der Waals surface area contributed by atoms with Gasteiger partial charge in [0.05, 0.1) is 18.8 Å². The van der Waals surface area contributed by atoms with Crippen molar-refractivity contribution < 1.29 is 14.4 Å². The van der Waals surface area contributed by atoms with Crippen LogP contribution in [0.1, 0.15) is 13.8 Å². The summed E-state index contributed by atoms with van der Waals surface area (Å²) in [6.45, 7) is 4.34. The van der Waals surface area contributed by atoms with Crippen molar-refractivity contribution in [3.63, 3.8) is 0 Å². The first-order chi connectivity index (χ1) is 6.04. The molecule has 0 rings (SSSR count). The fourth-order valence-corrected chi connectivity index (χ4v) is 0.483. The second-order valence-corrected chi connectivity index (χ2v) is 3.15. The van der Waals surface area contributed by atoms with Gasteiger partial charge in [-0.3, -0.25) is 9.63 Å². The van der Waals surface area contributed by atoms with Crippen LogP contribution in [-0.4, -0.2) is 38.8 Å². The number of amides is 1. The molecule has 0 aromatic rings. The van der Waals surface area contributed by atoms with Crippen LogP contribution in [0.4, 0.5) is 0 Å². The quantitative estimate of drug-likeness (QED) is 0.445. The molecule has 2 N–H and O–H groups in total. The fraction of sp³-hybridized carbons (Fsp3) is 0.875. The number of ether oxygens (including phenoxy) is 1. The van der Waals surface area contributed by atoms with Gasteiger partial charge in [0, 0.05) is 7.11 Å². The standard InChI is InChI=1S/C8H18N2O3/c1-8(2,9-3)7(11)10-13-6-5-12-4/h9H,5-6H2,1-4H3,(H,10,11). The molecule has 0 radical (unpaired) electrons. The van der Waals surface area contributed by atoms with Crippen LogP contribution >= 0.6 is 0 Å². The third-order valence-corrected chi connectivity index (χ3v) is 1.75. The van der Waals surface area contributed by atoms with E-state index < -0.39 is 5.54 Å². The van der Waals surface area contributed by atoms with Crippen molar-refractivity contribution in [3.05, 3.63) is 0 Å². The summed E-state index contributed by atoms with van der Waals surface area (Å²) in [5, 5.41) is 2.86. The van der Waals surface area contributed by atoms with Crippen LogP contribution in [0.5, 0.6) is 0 Å². The molecule has 78 valence electrons. The maximum atomic E-state index is 11.3. The third-order valence-electron chi connectivity index (χ3n) is 1.75. The molecule has 0 heterocycles. The zero-order chi connectivity index (χ0) is 10.3. The van der Waals surface area contributed by atoms with Gasteiger partial charge in [-0.1, -0.05) is 0 Å². The van der Waals surface area contributed by atoms with Crippen molar-refractivity contribution in [1.82, 2.24) is 10.8 Å². The Bertz CT molecular complexity index is 159. The number of hydroxylamine groups is 1. The van der Waals surface area contributed by atoms with Gasteiger partial charge in [-0.15, -0.1) is 0 Å². The van der Waals surface area contributed by atoms with E-state index in [2.05, 4.69) is 10.8 Å². The predicted octanol–water partition coefficient (Wildman–Crippen LogP) is -0.321. The molecular weight excluding hydrogens is 172 g/mol. The summed E-state index contributed by atoms with van der Waals surface area (Å²) in [5.41, 5.74) is 1.71. The third kappa shape index (κ3) is 4.82. The van der Waals surface area contributed by atoms with Gasteiger partial charge in [0.1, 0.15) is 0 Å². The molecule has 5 nitrogen and oxygen atoms in total. The summed E-state index contributed by atoms with van der Waals surface area (Å²) in [7, 11) is 3.29. The molecule has 1 amide bonds. The Morgan fingerprint density at radius 1 is 1.38 bits per heavy atom. The first kappa shape index (κ1) is 12.3. The summed E-state index contributed by atoms with van der Waals surface area (Å²) in [4.78, 5) is 16.2. The summed E-state index contributed by atoms with van der Waals surface area (Å²) >= 11 is 0. The van der Waals surface area contributed by atoms with E-state index in [1.54, 1.807) is 28.0 Å². The van der Waals surface area contributed by atoms with Gasteiger partial charge in [-0.2, -0.15) is 0 Å². The first-order valence-electron chi connectivity index (χ1n) is 4.14. The van der Waals surface area contributed by atoms with E-state index in [1.807, 2.05) is 0 Å². The molecule has 5 heteroatoms. The number of nitrogens with one attached hydrogen (secondary N) is 2. The van der Waals surface area contributed by atoms with Crippen LogP contribution in [0, 0.1) is 0 Å². The van der Waals surface area contributed by atoms with Crippen molar-refractivity contribution in [1.29, 1.82) is 0 Å². The molecule has 0 aliphatic carbocycles. The van der Waals surface area contributed by atoms with Gasteiger partial charge in [0.2, 0.25) is 0 Å². The number of hydrogen-bond acceptors (Lipinski definition) is 4. The van der Waals surface area contributed by atoms with Gasteiger partial charge in [-0.25, -0.2) is 5.48 Å². The molecular formula is C8H18N2O3. The maximum absolute atomic E-state index is 11.3.